The van der Waals surface area contributed by atoms with Gasteiger partial charge in [0.25, 0.3) is 0 Å². The van der Waals surface area contributed by atoms with Crippen LogP contribution in [0.25, 0.3) is 32.3 Å². The number of fused-ring (bicyclic) bond motifs is 6. The number of benzene rings is 4. The molecule has 0 spiro atoms. The van der Waals surface area contributed by atoms with Crippen LogP contribution in [0.3, 0.4) is 0 Å². The lowest BCUT2D eigenvalue weighted by molar-refractivity contribution is 0.260. The largest absolute Gasteiger partial charge is 0.490 e. The van der Waals surface area contributed by atoms with Gasteiger partial charge in [0.05, 0.1) is 51.0 Å². The van der Waals surface area contributed by atoms with Gasteiger partial charge in [-0.25, -0.2) is 0 Å². The van der Waals surface area contributed by atoms with Crippen LogP contribution in [0, 0.1) is 0 Å². The van der Waals surface area contributed by atoms with Gasteiger partial charge in [-0.05, 0) is 84.3 Å². The number of ether oxygens (including phenoxy) is 6. The van der Waals surface area contributed by atoms with Crippen LogP contribution in [0.4, 0.5) is 11.4 Å². The molecule has 8 heteroatoms. The summed E-state index contributed by atoms with van der Waals surface area (Å²) in [5, 5.41) is 5.45. The Morgan fingerprint density at radius 2 is 0.554 bits per heavy atom. The molecule has 4 rings (SSSR count). The van der Waals surface area contributed by atoms with Crippen molar-refractivity contribution in [3.05, 3.63) is 24.3 Å². The van der Waals surface area contributed by atoms with Crippen LogP contribution in [0.2, 0.25) is 0 Å². The molecule has 4 aromatic carbocycles. The third-order valence-electron chi connectivity index (χ3n) is 10.5. The summed E-state index contributed by atoms with van der Waals surface area (Å²) in [5.41, 5.74) is 15.7. The average molecular weight is 775 g/mol. The fourth-order valence-corrected chi connectivity index (χ4v) is 7.23. The normalized spacial score (nSPS) is 11.5. The van der Waals surface area contributed by atoms with Crippen LogP contribution in [0.1, 0.15) is 157 Å². The van der Waals surface area contributed by atoms with E-state index in [2.05, 4.69) is 65.8 Å². The molecule has 0 heterocycles. The zero-order valence-electron chi connectivity index (χ0n) is 35.9. The average Bonchev–Trinajstić information content (AvgIpc) is 3.20. The van der Waals surface area contributed by atoms with Crippen molar-refractivity contribution in [2.24, 2.45) is 0 Å². The highest BCUT2D eigenvalue weighted by molar-refractivity contribution is 6.32. The lowest BCUT2D eigenvalue weighted by Gasteiger charge is -2.23. The second-order valence-corrected chi connectivity index (χ2v) is 15.3. The highest BCUT2D eigenvalue weighted by atomic mass is 16.5. The molecule has 0 atom stereocenters. The molecule has 0 unspecified atom stereocenters. The number of unbranched alkanes of at least 4 members (excludes halogenated alkanes) is 12. The smallest absolute Gasteiger partial charge is 0.184 e. The van der Waals surface area contributed by atoms with Crippen molar-refractivity contribution >= 4 is 43.7 Å². The van der Waals surface area contributed by atoms with Crippen molar-refractivity contribution in [1.82, 2.24) is 0 Å². The van der Waals surface area contributed by atoms with Crippen molar-refractivity contribution < 1.29 is 28.4 Å². The van der Waals surface area contributed by atoms with Gasteiger partial charge in [-0.2, -0.15) is 0 Å². The Hall–Kier alpha value is -3.94. The highest BCUT2D eigenvalue weighted by Gasteiger charge is 2.25. The Balaban J connectivity index is 2.09. The molecule has 0 fully saturated rings. The van der Waals surface area contributed by atoms with Crippen LogP contribution in [0.5, 0.6) is 34.5 Å². The van der Waals surface area contributed by atoms with Crippen LogP contribution in [0.15, 0.2) is 24.3 Å². The Labute approximate surface area is 338 Å². The molecule has 4 aromatic rings. The first-order chi connectivity index (χ1) is 27.4. The van der Waals surface area contributed by atoms with E-state index in [1.54, 1.807) is 0 Å². The summed E-state index contributed by atoms with van der Waals surface area (Å²) < 4.78 is 39.3. The predicted octanol–water partition coefficient (Wildman–Crippen LogP) is 13.7. The molecular weight excluding hydrogens is 701 g/mol. The predicted molar refractivity (Wildman–Crippen MR) is 238 cm³/mol. The van der Waals surface area contributed by atoms with E-state index in [0.717, 1.165) is 148 Å². The van der Waals surface area contributed by atoms with Gasteiger partial charge in [0.15, 0.2) is 34.5 Å². The van der Waals surface area contributed by atoms with Crippen LogP contribution in [-0.4, -0.2) is 39.6 Å². The second-order valence-electron chi connectivity index (χ2n) is 15.3. The van der Waals surface area contributed by atoms with E-state index in [-0.39, 0.29) is 0 Å². The van der Waals surface area contributed by atoms with Gasteiger partial charge in [-0.15, -0.1) is 0 Å². The Kier molecular flexibility index (Phi) is 19.7. The molecule has 56 heavy (non-hydrogen) atoms. The summed E-state index contributed by atoms with van der Waals surface area (Å²) in [6.45, 7) is 16.7. The van der Waals surface area contributed by atoms with Gasteiger partial charge in [0.1, 0.15) is 0 Å². The molecule has 312 valence electrons. The summed E-state index contributed by atoms with van der Waals surface area (Å²) in [5.74, 6) is 3.91. The van der Waals surface area contributed by atoms with E-state index in [1.165, 1.54) is 0 Å². The number of rotatable bonds is 30. The molecule has 0 saturated carbocycles. The lowest BCUT2D eigenvalue weighted by atomic mass is 9.91. The summed E-state index contributed by atoms with van der Waals surface area (Å²) in [6, 6.07) is 8.42. The van der Waals surface area contributed by atoms with Crippen molar-refractivity contribution in [2.45, 2.75) is 157 Å². The first-order valence-corrected chi connectivity index (χ1v) is 22.3. The summed E-state index contributed by atoms with van der Waals surface area (Å²) in [4.78, 5) is 0. The number of hydrogen-bond donors (Lipinski definition) is 2. The van der Waals surface area contributed by atoms with E-state index in [9.17, 15) is 0 Å². The molecule has 0 aliphatic heterocycles. The van der Waals surface area contributed by atoms with Crippen LogP contribution in [-0.2, 0) is 0 Å². The molecule has 0 radical (unpaired) electrons. The maximum absolute atomic E-state index is 7.31. The topological polar surface area (TPSA) is 107 Å². The summed E-state index contributed by atoms with van der Waals surface area (Å²) >= 11 is 0. The molecule has 0 aliphatic carbocycles. The zero-order chi connectivity index (χ0) is 40.1. The van der Waals surface area contributed by atoms with Crippen LogP contribution >= 0.6 is 0 Å². The zero-order valence-corrected chi connectivity index (χ0v) is 35.9. The molecular formula is C48H74N2O6. The fourth-order valence-electron chi connectivity index (χ4n) is 7.23. The van der Waals surface area contributed by atoms with Crippen LogP contribution < -0.4 is 39.9 Å². The van der Waals surface area contributed by atoms with E-state index >= 15 is 0 Å². The third kappa shape index (κ3) is 12.0. The molecule has 0 amide bonds. The lowest BCUT2D eigenvalue weighted by Crippen LogP contribution is -2.08. The molecule has 0 saturated heterocycles. The van der Waals surface area contributed by atoms with E-state index in [1.807, 2.05) is 0 Å². The standard InChI is InChI=1S/C48H74N2O6/c1-7-13-19-25-51-39-31-35-36(32-40(39)52-26-20-14-8-2)44-38(34-42(54-28-22-16-10-4)48(46(44)50)56-30-24-18-12-6)37-33-41(53-27-21-15-9-3)47(45(49)43(35)37)55-29-23-17-11-5/h31-34H,7-30,49-50H2,1-6H3. The molecule has 4 N–H and O–H groups in total. The minimum absolute atomic E-state index is 0.550. The monoisotopic (exact) mass is 775 g/mol. The van der Waals surface area contributed by atoms with Crippen molar-refractivity contribution in [3.8, 4) is 34.5 Å². The highest BCUT2D eigenvalue weighted by Crippen LogP contribution is 2.52. The number of nitrogen functional groups attached to an aromatic ring is 2. The van der Waals surface area contributed by atoms with Gasteiger partial charge in [-0.3, -0.25) is 0 Å². The number of anilines is 2. The SMILES string of the molecule is CCCCCOc1cc2c(cc1OCCCCC)c1c(N)c(OCCCCC)c(OCCCCC)cc1c1cc(OCCCCC)c(OCCCCC)c(N)c21. The van der Waals surface area contributed by atoms with E-state index < -0.39 is 0 Å². The first-order valence-electron chi connectivity index (χ1n) is 22.3. The first kappa shape index (κ1) is 44.8. The quantitative estimate of drug-likeness (QED) is 0.0306. The third-order valence-corrected chi connectivity index (χ3v) is 10.5. The Morgan fingerprint density at radius 1 is 0.321 bits per heavy atom. The number of hydrogen-bond acceptors (Lipinski definition) is 8. The van der Waals surface area contributed by atoms with Crippen molar-refractivity contribution in [3.63, 3.8) is 0 Å². The van der Waals surface area contributed by atoms with Gasteiger partial charge >= 0.3 is 0 Å². The Bertz CT molecular complexity index is 1600. The van der Waals surface area contributed by atoms with Gasteiger partial charge in [0.2, 0.25) is 0 Å². The minimum atomic E-state index is 0.550. The maximum Gasteiger partial charge on any atom is 0.184 e. The van der Waals surface area contributed by atoms with E-state index in [4.69, 9.17) is 39.9 Å². The molecule has 0 aliphatic rings. The molecule has 8 nitrogen and oxygen atoms in total. The molecule has 0 aromatic heterocycles. The Morgan fingerprint density at radius 3 is 0.821 bits per heavy atom. The van der Waals surface area contributed by atoms with Gasteiger partial charge in [0, 0.05) is 10.8 Å². The van der Waals surface area contributed by atoms with Crippen molar-refractivity contribution in [2.75, 3.05) is 51.1 Å². The minimum Gasteiger partial charge on any atom is -0.490 e. The summed E-state index contributed by atoms with van der Waals surface area (Å²) in [7, 11) is 0. The summed E-state index contributed by atoms with van der Waals surface area (Å²) in [6.07, 6.45) is 18.9. The van der Waals surface area contributed by atoms with Gasteiger partial charge in [-0.1, -0.05) is 119 Å². The van der Waals surface area contributed by atoms with E-state index in [0.29, 0.717) is 85.5 Å². The maximum atomic E-state index is 7.31. The fraction of sp³-hybridized carbons (Fsp3) is 0.625. The van der Waals surface area contributed by atoms with Crippen molar-refractivity contribution in [1.29, 1.82) is 0 Å². The molecule has 0 bridgehead atoms. The second kappa shape index (κ2) is 24.6. The van der Waals surface area contributed by atoms with Gasteiger partial charge < -0.3 is 39.9 Å². The number of nitrogens with two attached hydrogens (primary N) is 2.